The second kappa shape index (κ2) is 6.58. The number of benzene rings is 1. The lowest BCUT2D eigenvalue weighted by atomic mass is 10.2. The number of halogens is 2. The molecule has 0 atom stereocenters. The van der Waals surface area contributed by atoms with E-state index in [2.05, 4.69) is 10.1 Å². The Morgan fingerprint density at radius 3 is 2.56 bits per heavy atom. The summed E-state index contributed by atoms with van der Waals surface area (Å²) >= 11 is 0. The Hall–Kier alpha value is -2.11. The highest BCUT2D eigenvalue weighted by molar-refractivity contribution is 5.80. The van der Waals surface area contributed by atoms with E-state index in [0.29, 0.717) is 17.8 Å². The fourth-order valence-corrected chi connectivity index (χ4v) is 1.26. The number of nitrogens with one attached hydrogen (secondary N) is 1. The molecule has 18 heavy (non-hydrogen) atoms. The molecule has 0 aliphatic rings. The SMILES string of the molecule is C/C(=C/C(=O)O)CNc1ccc(OC(F)F)cc1. The number of carboxylic acid groups (broad SMARTS) is 1. The summed E-state index contributed by atoms with van der Waals surface area (Å²) < 4.78 is 28.0. The molecule has 4 nitrogen and oxygen atoms in total. The number of rotatable bonds is 6. The van der Waals surface area contributed by atoms with E-state index >= 15 is 0 Å². The van der Waals surface area contributed by atoms with Crippen LogP contribution in [0.1, 0.15) is 6.92 Å². The molecule has 0 heterocycles. The second-order valence-corrected chi connectivity index (χ2v) is 3.59. The third kappa shape index (κ3) is 5.29. The molecule has 6 heteroatoms. The van der Waals surface area contributed by atoms with Crippen molar-refractivity contribution in [3.8, 4) is 5.75 Å². The summed E-state index contributed by atoms with van der Waals surface area (Å²) in [5.74, 6) is -0.927. The van der Waals surface area contributed by atoms with Crippen molar-refractivity contribution in [3.05, 3.63) is 35.9 Å². The number of hydrogen-bond acceptors (Lipinski definition) is 3. The number of ether oxygens (including phenoxy) is 1. The van der Waals surface area contributed by atoms with Crippen molar-refractivity contribution < 1.29 is 23.4 Å². The third-order valence-corrected chi connectivity index (χ3v) is 2.02. The van der Waals surface area contributed by atoms with Gasteiger partial charge in [0.2, 0.25) is 0 Å². The largest absolute Gasteiger partial charge is 0.478 e. The molecule has 0 amide bonds. The first kappa shape index (κ1) is 14.0. The van der Waals surface area contributed by atoms with E-state index in [9.17, 15) is 13.6 Å². The van der Waals surface area contributed by atoms with E-state index in [4.69, 9.17) is 5.11 Å². The zero-order valence-corrected chi connectivity index (χ0v) is 9.69. The molecule has 0 bridgehead atoms. The average Bonchev–Trinajstić information content (AvgIpc) is 2.26. The first-order valence-electron chi connectivity index (χ1n) is 5.16. The van der Waals surface area contributed by atoms with Gasteiger partial charge >= 0.3 is 12.6 Å². The van der Waals surface area contributed by atoms with E-state index in [1.165, 1.54) is 12.1 Å². The van der Waals surface area contributed by atoms with Crippen molar-refractivity contribution in [2.75, 3.05) is 11.9 Å². The Bertz CT molecular complexity index is 429. The van der Waals surface area contributed by atoms with Gasteiger partial charge in [-0.25, -0.2) is 4.79 Å². The summed E-state index contributed by atoms with van der Waals surface area (Å²) in [6.45, 7) is -0.805. The molecule has 0 radical (unpaired) electrons. The van der Waals surface area contributed by atoms with Gasteiger partial charge in [0.25, 0.3) is 0 Å². The van der Waals surface area contributed by atoms with E-state index < -0.39 is 12.6 Å². The molecule has 98 valence electrons. The van der Waals surface area contributed by atoms with E-state index in [1.54, 1.807) is 19.1 Å². The molecular formula is C12H13F2NO3. The molecule has 1 aromatic carbocycles. The van der Waals surface area contributed by atoms with Gasteiger partial charge in [0, 0.05) is 18.3 Å². The molecular weight excluding hydrogens is 244 g/mol. The molecule has 0 saturated carbocycles. The fourth-order valence-electron chi connectivity index (χ4n) is 1.26. The lowest BCUT2D eigenvalue weighted by Crippen LogP contribution is -2.05. The van der Waals surface area contributed by atoms with E-state index in [0.717, 1.165) is 6.08 Å². The van der Waals surface area contributed by atoms with Crippen molar-refractivity contribution >= 4 is 11.7 Å². The van der Waals surface area contributed by atoms with Crippen molar-refractivity contribution in [2.45, 2.75) is 13.5 Å². The monoisotopic (exact) mass is 257 g/mol. The van der Waals surface area contributed by atoms with Crippen LogP contribution in [0.4, 0.5) is 14.5 Å². The number of hydrogen-bond donors (Lipinski definition) is 2. The highest BCUT2D eigenvalue weighted by Crippen LogP contribution is 2.17. The Kier molecular flexibility index (Phi) is 5.10. The van der Waals surface area contributed by atoms with Crippen molar-refractivity contribution in [1.82, 2.24) is 0 Å². The van der Waals surface area contributed by atoms with Crippen LogP contribution in [0.2, 0.25) is 0 Å². The van der Waals surface area contributed by atoms with Crippen LogP contribution in [-0.2, 0) is 4.79 Å². The molecule has 2 N–H and O–H groups in total. The van der Waals surface area contributed by atoms with Gasteiger partial charge in [0.1, 0.15) is 5.75 Å². The zero-order chi connectivity index (χ0) is 13.5. The molecule has 0 fully saturated rings. The van der Waals surface area contributed by atoms with Gasteiger partial charge in [-0.05, 0) is 36.8 Å². The normalized spacial score (nSPS) is 11.4. The van der Waals surface area contributed by atoms with Gasteiger partial charge in [0.05, 0.1) is 0 Å². The Morgan fingerprint density at radius 1 is 1.44 bits per heavy atom. The smallest absolute Gasteiger partial charge is 0.387 e. The highest BCUT2D eigenvalue weighted by Gasteiger charge is 2.03. The van der Waals surface area contributed by atoms with Gasteiger partial charge in [-0.3, -0.25) is 0 Å². The van der Waals surface area contributed by atoms with Crippen LogP contribution < -0.4 is 10.1 Å². The Morgan fingerprint density at radius 2 is 2.06 bits per heavy atom. The van der Waals surface area contributed by atoms with Crippen molar-refractivity contribution in [1.29, 1.82) is 0 Å². The van der Waals surface area contributed by atoms with Crippen molar-refractivity contribution in [2.24, 2.45) is 0 Å². The van der Waals surface area contributed by atoms with Crippen LogP contribution in [0, 0.1) is 0 Å². The molecule has 0 aliphatic heterocycles. The first-order valence-corrected chi connectivity index (χ1v) is 5.16. The lowest BCUT2D eigenvalue weighted by molar-refractivity contribution is -0.131. The first-order chi connectivity index (χ1) is 8.47. The quantitative estimate of drug-likeness (QED) is 0.769. The van der Waals surface area contributed by atoms with Crippen LogP contribution in [0.5, 0.6) is 5.75 Å². The van der Waals surface area contributed by atoms with Gasteiger partial charge in [-0.2, -0.15) is 8.78 Å². The highest BCUT2D eigenvalue weighted by atomic mass is 19.3. The number of alkyl halides is 2. The van der Waals surface area contributed by atoms with Gasteiger partial charge < -0.3 is 15.2 Å². The average molecular weight is 257 g/mol. The van der Waals surface area contributed by atoms with Gasteiger partial charge in [-0.1, -0.05) is 0 Å². The number of aliphatic carboxylic acids is 1. The summed E-state index contributed by atoms with van der Waals surface area (Å²) in [4.78, 5) is 10.4. The maximum absolute atomic E-state index is 11.9. The van der Waals surface area contributed by atoms with Gasteiger partial charge in [0.15, 0.2) is 0 Å². The summed E-state index contributed by atoms with van der Waals surface area (Å²) in [7, 11) is 0. The number of carbonyl (C=O) groups is 1. The van der Waals surface area contributed by atoms with Crippen LogP contribution >= 0.6 is 0 Å². The van der Waals surface area contributed by atoms with Gasteiger partial charge in [-0.15, -0.1) is 0 Å². The molecule has 1 aromatic rings. The number of carboxylic acids is 1. The Labute approximate surface area is 103 Å². The second-order valence-electron chi connectivity index (χ2n) is 3.59. The predicted octanol–water partition coefficient (Wildman–Crippen LogP) is 2.73. The maximum Gasteiger partial charge on any atom is 0.387 e. The summed E-state index contributed by atoms with van der Waals surface area (Å²) in [6.07, 6.45) is 1.10. The van der Waals surface area contributed by atoms with E-state index in [-0.39, 0.29) is 5.75 Å². The topological polar surface area (TPSA) is 58.6 Å². The minimum atomic E-state index is -2.84. The molecule has 0 spiro atoms. The van der Waals surface area contributed by atoms with Crippen LogP contribution in [-0.4, -0.2) is 24.2 Å². The van der Waals surface area contributed by atoms with Crippen molar-refractivity contribution in [3.63, 3.8) is 0 Å². The maximum atomic E-state index is 11.9. The molecule has 0 aromatic heterocycles. The minimum absolute atomic E-state index is 0.0772. The molecule has 0 saturated heterocycles. The van der Waals surface area contributed by atoms with Crippen LogP contribution in [0.3, 0.4) is 0 Å². The van der Waals surface area contributed by atoms with E-state index in [1.807, 2.05) is 0 Å². The summed E-state index contributed by atoms with van der Waals surface area (Å²) in [5, 5.41) is 11.5. The molecule has 0 aliphatic carbocycles. The lowest BCUT2D eigenvalue weighted by Gasteiger charge is -2.08. The van der Waals surface area contributed by atoms with Crippen LogP contribution in [0.25, 0.3) is 0 Å². The number of anilines is 1. The minimum Gasteiger partial charge on any atom is -0.478 e. The predicted molar refractivity (Wildman–Crippen MR) is 63.0 cm³/mol. The molecule has 0 unspecified atom stereocenters. The standard InChI is InChI=1S/C12H13F2NO3/c1-8(6-11(16)17)7-15-9-2-4-10(5-3-9)18-12(13)14/h2-6,12,15H,7H2,1H3,(H,16,17)/b8-6-. The summed E-state index contributed by atoms with van der Waals surface area (Å²) in [5.41, 5.74) is 1.34. The fraction of sp³-hybridized carbons (Fsp3) is 0.250. The zero-order valence-electron chi connectivity index (χ0n) is 9.69. The summed E-state index contributed by atoms with van der Waals surface area (Å²) in [6, 6.07) is 5.97. The Balaban J connectivity index is 2.51. The molecule has 1 rings (SSSR count). The van der Waals surface area contributed by atoms with Crippen LogP contribution in [0.15, 0.2) is 35.9 Å². The third-order valence-electron chi connectivity index (χ3n) is 2.02.